The quantitative estimate of drug-likeness (QED) is 0.329. The van der Waals surface area contributed by atoms with Gasteiger partial charge in [0.05, 0.1) is 18.0 Å². The normalized spacial score (nSPS) is 11.1. The summed E-state index contributed by atoms with van der Waals surface area (Å²) in [4.78, 5) is 25.7. The fourth-order valence-corrected chi connectivity index (χ4v) is 3.20. The zero-order valence-electron chi connectivity index (χ0n) is 18.5. The molecule has 0 bridgehead atoms. The number of aromatic nitrogens is 2. The molecular formula is C25H26N4O3. The van der Waals surface area contributed by atoms with Gasteiger partial charge in [0.15, 0.2) is 0 Å². The van der Waals surface area contributed by atoms with Crippen molar-refractivity contribution < 1.29 is 9.53 Å². The maximum Gasteiger partial charge on any atom is 0.295 e. The Hall–Kier alpha value is -4.05. The molecule has 1 aromatic heterocycles. The number of nitrogens with one attached hydrogen (secondary N) is 1. The van der Waals surface area contributed by atoms with Crippen molar-refractivity contribution >= 4 is 17.7 Å². The summed E-state index contributed by atoms with van der Waals surface area (Å²) in [6.07, 6.45) is 3.52. The molecule has 3 aromatic rings. The van der Waals surface area contributed by atoms with Crippen LogP contribution >= 0.6 is 0 Å². The fraction of sp³-hybridized carbons (Fsp3) is 0.240. The van der Waals surface area contributed by atoms with Crippen LogP contribution in [0, 0.1) is 18.3 Å². The molecule has 7 nitrogen and oxygen atoms in total. The molecule has 0 radical (unpaired) electrons. The first kappa shape index (κ1) is 22.6. The number of anilines is 1. The second-order valence-electron chi connectivity index (χ2n) is 7.33. The van der Waals surface area contributed by atoms with Crippen LogP contribution in [0.4, 0.5) is 5.69 Å². The van der Waals surface area contributed by atoms with E-state index in [1.165, 1.54) is 10.8 Å². The maximum absolute atomic E-state index is 13.0. The Balaban J connectivity index is 1.82. The summed E-state index contributed by atoms with van der Waals surface area (Å²) in [6, 6.07) is 18.2. The van der Waals surface area contributed by atoms with Crippen LogP contribution in [-0.4, -0.2) is 21.9 Å². The molecule has 2 aromatic carbocycles. The van der Waals surface area contributed by atoms with Crippen LogP contribution < -0.4 is 15.6 Å². The highest BCUT2D eigenvalue weighted by molar-refractivity contribution is 6.09. The molecular weight excluding hydrogens is 404 g/mol. The van der Waals surface area contributed by atoms with Crippen molar-refractivity contribution in [3.63, 3.8) is 0 Å². The molecule has 32 heavy (non-hydrogen) atoms. The zero-order chi connectivity index (χ0) is 23.1. The summed E-state index contributed by atoms with van der Waals surface area (Å²) in [5.41, 5.74) is 1.63. The molecule has 3 rings (SSSR count). The van der Waals surface area contributed by atoms with Gasteiger partial charge in [-0.1, -0.05) is 43.7 Å². The first-order valence-electron chi connectivity index (χ1n) is 10.5. The number of rotatable bonds is 8. The van der Waals surface area contributed by atoms with E-state index in [2.05, 4.69) is 12.2 Å². The summed E-state index contributed by atoms with van der Waals surface area (Å²) >= 11 is 0. The second-order valence-corrected chi connectivity index (χ2v) is 7.33. The average Bonchev–Trinajstić information content (AvgIpc) is 3.02. The number of nitrogens with zero attached hydrogens (tertiary/aromatic N) is 3. The number of carbonyl (C=O) groups excluding carboxylic acids is 1. The number of hydrogen-bond acceptors (Lipinski definition) is 4. The Morgan fingerprint density at radius 3 is 2.47 bits per heavy atom. The van der Waals surface area contributed by atoms with Crippen LogP contribution in [0.1, 0.15) is 31.0 Å². The summed E-state index contributed by atoms with van der Waals surface area (Å²) in [6.45, 7) is 4.48. The van der Waals surface area contributed by atoms with E-state index < -0.39 is 5.91 Å². The number of ether oxygens (including phenoxy) is 1. The monoisotopic (exact) mass is 430 g/mol. The molecule has 1 heterocycles. The summed E-state index contributed by atoms with van der Waals surface area (Å²) in [5.74, 6) is 0.0988. The van der Waals surface area contributed by atoms with E-state index in [1.807, 2.05) is 36.4 Å². The van der Waals surface area contributed by atoms with Gasteiger partial charge in [-0.05, 0) is 49.2 Å². The Morgan fingerprint density at radius 1 is 1.16 bits per heavy atom. The molecule has 0 atom stereocenters. The third kappa shape index (κ3) is 4.98. The van der Waals surface area contributed by atoms with Gasteiger partial charge >= 0.3 is 0 Å². The van der Waals surface area contributed by atoms with E-state index in [0.29, 0.717) is 23.6 Å². The minimum atomic E-state index is -0.637. The minimum Gasteiger partial charge on any atom is -0.494 e. The first-order chi connectivity index (χ1) is 15.5. The maximum atomic E-state index is 13.0. The predicted molar refractivity (Wildman–Crippen MR) is 125 cm³/mol. The Labute approximate surface area is 187 Å². The summed E-state index contributed by atoms with van der Waals surface area (Å²) < 4.78 is 8.77. The number of benzene rings is 2. The second kappa shape index (κ2) is 10.3. The highest BCUT2D eigenvalue weighted by Gasteiger charge is 2.19. The first-order valence-corrected chi connectivity index (χ1v) is 10.5. The third-order valence-electron chi connectivity index (χ3n) is 5.12. The number of carbonyl (C=O) groups is 1. The minimum absolute atomic E-state index is 0.0986. The summed E-state index contributed by atoms with van der Waals surface area (Å²) in [7, 11) is 1.74. The average molecular weight is 431 g/mol. The van der Waals surface area contributed by atoms with Crippen molar-refractivity contribution in [2.75, 3.05) is 11.9 Å². The van der Waals surface area contributed by atoms with Crippen LogP contribution in [0.25, 0.3) is 11.8 Å². The SMILES string of the molecule is CCCCOc1ccc(/C=C(/C#N)C(=O)Nc2c(C)n(C)n(-c3ccccc3)c2=O)cc1. The molecule has 0 fully saturated rings. The lowest BCUT2D eigenvalue weighted by Gasteiger charge is -2.07. The fourth-order valence-electron chi connectivity index (χ4n) is 3.20. The van der Waals surface area contributed by atoms with Crippen molar-refractivity contribution in [1.29, 1.82) is 5.26 Å². The Morgan fingerprint density at radius 2 is 1.84 bits per heavy atom. The van der Waals surface area contributed by atoms with Crippen molar-refractivity contribution in [2.45, 2.75) is 26.7 Å². The van der Waals surface area contributed by atoms with E-state index in [9.17, 15) is 14.9 Å². The Kier molecular flexibility index (Phi) is 7.29. The number of amides is 1. The highest BCUT2D eigenvalue weighted by atomic mass is 16.5. The van der Waals surface area contributed by atoms with Crippen molar-refractivity contribution in [2.24, 2.45) is 7.05 Å². The van der Waals surface area contributed by atoms with Crippen molar-refractivity contribution in [1.82, 2.24) is 9.36 Å². The lowest BCUT2D eigenvalue weighted by Crippen LogP contribution is -2.23. The van der Waals surface area contributed by atoms with E-state index >= 15 is 0 Å². The molecule has 7 heteroatoms. The van der Waals surface area contributed by atoms with Gasteiger partial charge in [0.25, 0.3) is 11.5 Å². The van der Waals surface area contributed by atoms with Gasteiger partial charge in [-0.2, -0.15) is 5.26 Å². The molecule has 164 valence electrons. The van der Waals surface area contributed by atoms with Gasteiger partial charge in [-0.25, -0.2) is 4.68 Å². The lowest BCUT2D eigenvalue weighted by atomic mass is 10.1. The molecule has 0 aliphatic heterocycles. The molecule has 1 amide bonds. The summed E-state index contributed by atoms with van der Waals surface area (Å²) in [5, 5.41) is 12.1. The predicted octanol–water partition coefficient (Wildman–Crippen LogP) is 4.21. The highest BCUT2D eigenvalue weighted by Crippen LogP contribution is 2.17. The van der Waals surface area contributed by atoms with Gasteiger partial charge in [0.2, 0.25) is 0 Å². The van der Waals surface area contributed by atoms with E-state index in [4.69, 9.17) is 4.74 Å². The molecule has 0 aliphatic rings. The number of unbranched alkanes of at least 4 members (excludes halogenated alkanes) is 1. The van der Waals surface area contributed by atoms with Crippen LogP contribution in [0.15, 0.2) is 65.0 Å². The molecule has 0 saturated carbocycles. The smallest absolute Gasteiger partial charge is 0.295 e. The third-order valence-corrected chi connectivity index (χ3v) is 5.12. The van der Waals surface area contributed by atoms with Gasteiger partial charge in [0.1, 0.15) is 23.1 Å². The lowest BCUT2D eigenvalue weighted by molar-refractivity contribution is -0.112. The molecule has 1 N–H and O–H groups in total. The molecule has 0 unspecified atom stereocenters. The van der Waals surface area contributed by atoms with Crippen LogP contribution in [0.5, 0.6) is 5.75 Å². The number of nitriles is 1. The van der Waals surface area contributed by atoms with E-state index in [0.717, 1.165) is 18.6 Å². The van der Waals surface area contributed by atoms with Crippen LogP contribution in [-0.2, 0) is 11.8 Å². The molecule has 0 spiro atoms. The molecule has 0 saturated heterocycles. The van der Waals surface area contributed by atoms with Gasteiger partial charge < -0.3 is 10.1 Å². The zero-order valence-corrected chi connectivity index (χ0v) is 18.5. The topological polar surface area (TPSA) is 89.0 Å². The number of hydrogen-bond donors (Lipinski definition) is 1. The van der Waals surface area contributed by atoms with E-state index in [-0.39, 0.29) is 16.8 Å². The largest absolute Gasteiger partial charge is 0.494 e. The Bertz CT molecular complexity index is 1210. The van der Waals surface area contributed by atoms with Crippen molar-refractivity contribution in [3.05, 3.63) is 81.8 Å². The van der Waals surface area contributed by atoms with Gasteiger partial charge in [0, 0.05) is 7.05 Å². The van der Waals surface area contributed by atoms with Crippen LogP contribution in [0.2, 0.25) is 0 Å². The van der Waals surface area contributed by atoms with Crippen molar-refractivity contribution in [3.8, 4) is 17.5 Å². The van der Waals surface area contributed by atoms with Gasteiger partial charge in [-0.15, -0.1) is 0 Å². The van der Waals surface area contributed by atoms with E-state index in [1.54, 1.807) is 42.9 Å². The van der Waals surface area contributed by atoms with Gasteiger partial charge in [-0.3, -0.25) is 14.3 Å². The van der Waals surface area contributed by atoms with Crippen LogP contribution in [0.3, 0.4) is 0 Å². The molecule has 0 aliphatic carbocycles. The standard InChI is InChI=1S/C25H26N4O3/c1-4-5-15-32-22-13-11-19(12-14-22)16-20(17-26)24(30)27-23-18(2)28(3)29(25(23)31)21-9-7-6-8-10-21/h6-14,16H,4-5,15H2,1-3H3,(H,27,30)/b20-16-. The number of para-hydroxylation sites is 1.